The van der Waals surface area contributed by atoms with Gasteiger partial charge in [-0.2, -0.15) is 11.8 Å². The molecule has 0 aliphatic rings. The second-order valence-corrected chi connectivity index (χ2v) is 4.76. The Morgan fingerprint density at radius 1 is 1.38 bits per heavy atom. The Morgan fingerprint density at radius 3 is 2.56 bits per heavy atom. The van der Waals surface area contributed by atoms with Crippen molar-refractivity contribution in [3.05, 3.63) is 28.8 Å². The maximum Gasteiger partial charge on any atom is 0.122 e. The highest BCUT2D eigenvalue weighted by Crippen LogP contribution is 2.27. The van der Waals surface area contributed by atoms with Gasteiger partial charge in [0.1, 0.15) is 5.75 Å². The minimum absolute atomic E-state index is 0.194. The molecule has 1 aromatic carbocycles. The lowest BCUT2D eigenvalue weighted by atomic mass is 9.99. The summed E-state index contributed by atoms with van der Waals surface area (Å²) in [7, 11) is 1.70. The lowest BCUT2D eigenvalue weighted by molar-refractivity contribution is 0.411. The summed E-state index contributed by atoms with van der Waals surface area (Å²) in [5.74, 6) is 7.48. The van der Waals surface area contributed by atoms with Gasteiger partial charge in [-0.15, -0.1) is 0 Å². The third-order valence-corrected chi connectivity index (χ3v) is 3.36. The summed E-state index contributed by atoms with van der Waals surface area (Å²) in [5.41, 5.74) is 6.46. The standard InChI is InChI=1S/C12H20N2OS/c1-8-6-12(15-3)9(2)5-10(8)11(14-13)7-16-4/h5-6,11,14H,7,13H2,1-4H3. The van der Waals surface area contributed by atoms with Crippen LogP contribution in [-0.4, -0.2) is 19.1 Å². The molecule has 0 fully saturated rings. The normalized spacial score (nSPS) is 12.6. The average molecular weight is 240 g/mol. The van der Waals surface area contributed by atoms with Crippen molar-refractivity contribution in [3.63, 3.8) is 0 Å². The summed E-state index contributed by atoms with van der Waals surface area (Å²) in [6.07, 6.45) is 2.08. The number of thioether (sulfide) groups is 1. The fourth-order valence-electron chi connectivity index (χ4n) is 1.80. The van der Waals surface area contributed by atoms with Crippen molar-refractivity contribution >= 4 is 11.8 Å². The molecule has 16 heavy (non-hydrogen) atoms. The van der Waals surface area contributed by atoms with Crippen molar-refractivity contribution in [1.29, 1.82) is 0 Å². The molecule has 3 N–H and O–H groups in total. The summed E-state index contributed by atoms with van der Waals surface area (Å²) in [6, 6.07) is 4.41. The molecule has 0 heterocycles. The zero-order valence-corrected chi connectivity index (χ0v) is 11.1. The summed E-state index contributed by atoms with van der Waals surface area (Å²) in [6.45, 7) is 4.14. The van der Waals surface area contributed by atoms with Gasteiger partial charge in [0.25, 0.3) is 0 Å². The predicted octanol–water partition coefficient (Wildman–Crippen LogP) is 2.18. The Labute approximate surface area is 102 Å². The van der Waals surface area contributed by atoms with Gasteiger partial charge in [0.05, 0.1) is 13.2 Å². The lowest BCUT2D eigenvalue weighted by Gasteiger charge is -2.19. The van der Waals surface area contributed by atoms with E-state index in [9.17, 15) is 0 Å². The SMILES string of the molecule is COc1cc(C)c(C(CSC)NN)cc1C. The molecule has 0 aliphatic carbocycles. The first kappa shape index (κ1) is 13.4. The fourth-order valence-corrected chi connectivity index (χ4v) is 2.41. The van der Waals surface area contributed by atoms with Gasteiger partial charge in [0.2, 0.25) is 0 Å². The topological polar surface area (TPSA) is 47.3 Å². The summed E-state index contributed by atoms with van der Waals surface area (Å²) >= 11 is 1.78. The Morgan fingerprint density at radius 2 is 2.06 bits per heavy atom. The number of hydrogen-bond acceptors (Lipinski definition) is 4. The molecule has 0 aromatic heterocycles. The number of nitrogens with one attached hydrogen (secondary N) is 1. The summed E-state index contributed by atoms with van der Waals surface area (Å²) in [5, 5.41) is 0. The number of aryl methyl sites for hydroxylation is 2. The lowest BCUT2D eigenvalue weighted by Crippen LogP contribution is -2.30. The van der Waals surface area contributed by atoms with Crippen molar-refractivity contribution < 1.29 is 4.74 Å². The fraction of sp³-hybridized carbons (Fsp3) is 0.500. The number of benzene rings is 1. The van der Waals surface area contributed by atoms with Gasteiger partial charge in [-0.3, -0.25) is 11.3 Å². The number of hydrogen-bond donors (Lipinski definition) is 2. The highest BCUT2D eigenvalue weighted by molar-refractivity contribution is 7.98. The van der Waals surface area contributed by atoms with Crippen LogP contribution in [0.3, 0.4) is 0 Å². The van der Waals surface area contributed by atoms with E-state index in [2.05, 4.69) is 37.7 Å². The second-order valence-electron chi connectivity index (χ2n) is 3.85. The van der Waals surface area contributed by atoms with Crippen LogP contribution in [0.15, 0.2) is 12.1 Å². The van der Waals surface area contributed by atoms with E-state index in [4.69, 9.17) is 10.6 Å². The van der Waals surface area contributed by atoms with Crippen LogP contribution in [0, 0.1) is 13.8 Å². The minimum atomic E-state index is 0.194. The number of hydrazine groups is 1. The van der Waals surface area contributed by atoms with Crippen molar-refractivity contribution in [1.82, 2.24) is 5.43 Å². The van der Waals surface area contributed by atoms with E-state index in [1.165, 1.54) is 11.1 Å². The summed E-state index contributed by atoms with van der Waals surface area (Å²) < 4.78 is 5.30. The van der Waals surface area contributed by atoms with E-state index >= 15 is 0 Å². The minimum Gasteiger partial charge on any atom is -0.496 e. The largest absolute Gasteiger partial charge is 0.496 e. The number of rotatable bonds is 5. The molecule has 0 amide bonds. The quantitative estimate of drug-likeness (QED) is 0.612. The van der Waals surface area contributed by atoms with E-state index in [0.717, 1.165) is 17.1 Å². The van der Waals surface area contributed by atoms with Crippen LogP contribution in [0.25, 0.3) is 0 Å². The van der Waals surface area contributed by atoms with Gasteiger partial charge in [-0.1, -0.05) is 6.07 Å². The van der Waals surface area contributed by atoms with Crippen LogP contribution in [0.4, 0.5) is 0 Å². The van der Waals surface area contributed by atoms with Crippen LogP contribution >= 0.6 is 11.8 Å². The Kier molecular flexibility index (Phi) is 5.12. The van der Waals surface area contributed by atoms with Crippen LogP contribution in [0.2, 0.25) is 0 Å². The van der Waals surface area contributed by atoms with E-state index in [-0.39, 0.29) is 6.04 Å². The van der Waals surface area contributed by atoms with Crippen LogP contribution in [-0.2, 0) is 0 Å². The van der Waals surface area contributed by atoms with Crippen molar-refractivity contribution in [2.75, 3.05) is 19.1 Å². The van der Waals surface area contributed by atoms with Gasteiger partial charge in [0, 0.05) is 5.75 Å². The second kappa shape index (κ2) is 6.13. The summed E-state index contributed by atoms with van der Waals surface area (Å²) in [4.78, 5) is 0. The Balaban J connectivity index is 3.08. The molecule has 0 aliphatic heterocycles. The van der Waals surface area contributed by atoms with Gasteiger partial charge in [-0.05, 0) is 42.9 Å². The van der Waals surface area contributed by atoms with E-state index in [1.54, 1.807) is 18.9 Å². The first-order valence-electron chi connectivity index (χ1n) is 5.24. The van der Waals surface area contributed by atoms with Crippen LogP contribution in [0.1, 0.15) is 22.7 Å². The number of ether oxygens (including phenoxy) is 1. The molecular weight excluding hydrogens is 220 g/mol. The zero-order chi connectivity index (χ0) is 12.1. The van der Waals surface area contributed by atoms with E-state index in [1.807, 2.05) is 0 Å². The predicted molar refractivity (Wildman–Crippen MR) is 70.9 cm³/mol. The monoisotopic (exact) mass is 240 g/mol. The van der Waals surface area contributed by atoms with Gasteiger partial charge in [0.15, 0.2) is 0 Å². The molecule has 0 spiro atoms. The molecule has 1 rings (SSSR count). The molecule has 1 atom stereocenters. The molecule has 0 radical (unpaired) electrons. The van der Waals surface area contributed by atoms with Gasteiger partial charge < -0.3 is 4.74 Å². The first-order valence-corrected chi connectivity index (χ1v) is 6.63. The molecule has 0 bridgehead atoms. The van der Waals surface area contributed by atoms with E-state index in [0.29, 0.717) is 0 Å². The van der Waals surface area contributed by atoms with Gasteiger partial charge in [-0.25, -0.2) is 0 Å². The number of methoxy groups -OCH3 is 1. The molecule has 4 heteroatoms. The smallest absolute Gasteiger partial charge is 0.122 e. The third kappa shape index (κ3) is 2.90. The highest BCUT2D eigenvalue weighted by atomic mass is 32.2. The van der Waals surface area contributed by atoms with Gasteiger partial charge >= 0.3 is 0 Å². The average Bonchev–Trinajstić information content (AvgIpc) is 2.28. The zero-order valence-electron chi connectivity index (χ0n) is 10.3. The van der Waals surface area contributed by atoms with E-state index < -0.39 is 0 Å². The van der Waals surface area contributed by atoms with Crippen molar-refractivity contribution in [2.45, 2.75) is 19.9 Å². The molecule has 0 saturated carbocycles. The van der Waals surface area contributed by atoms with Crippen molar-refractivity contribution in [2.24, 2.45) is 5.84 Å². The Bertz CT molecular complexity index is 355. The third-order valence-electron chi connectivity index (χ3n) is 2.69. The highest BCUT2D eigenvalue weighted by Gasteiger charge is 2.13. The molecule has 0 saturated heterocycles. The van der Waals surface area contributed by atoms with Crippen LogP contribution < -0.4 is 16.0 Å². The van der Waals surface area contributed by atoms with Crippen LogP contribution in [0.5, 0.6) is 5.75 Å². The molecule has 3 nitrogen and oxygen atoms in total. The molecule has 90 valence electrons. The maximum absolute atomic E-state index is 5.59. The Hall–Kier alpha value is -0.710. The molecule has 1 unspecified atom stereocenters. The molecule has 1 aromatic rings. The maximum atomic E-state index is 5.59. The van der Waals surface area contributed by atoms with Crippen molar-refractivity contribution in [3.8, 4) is 5.75 Å². The molecular formula is C12H20N2OS. The first-order chi connectivity index (χ1) is 7.63. The number of nitrogens with two attached hydrogens (primary N) is 1.